The molecule has 19 heavy (non-hydrogen) atoms. The number of carbonyl (C=O) groups is 1. The summed E-state index contributed by atoms with van der Waals surface area (Å²) >= 11 is 5.56. The van der Waals surface area contributed by atoms with Crippen LogP contribution in [-0.4, -0.2) is 15.5 Å². The molecule has 0 spiro atoms. The van der Waals surface area contributed by atoms with E-state index in [0.717, 1.165) is 12.1 Å². The number of primary amides is 1. The van der Waals surface area contributed by atoms with Crippen molar-refractivity contribution >= 4 is 17.5 Å². The zero-order chi connectivity index (χ0) is 14.0. The Morgan fingerprint density at radius 1 is 1.42 bits per heavy atom. The Kier molecular flexibility index (Phi) is 3.62. The molecule has 0 aliphatic carbocycles. The van der Waals surface area contributed by atoms with Gasteiger partial charge in [0, 0.05) is 17.2 Å². The SMILES string of the molecule is NC(=O)c1ccc(Cn2cnc(Cl)cc2=O)c(F)c1. The van der Waals surface area contributed by atoms with E-state index in [2.05, 4.69) is 4.98 Å². The molecular formula is C12H9ClFN3O2. The number of benzene rings is 1. The van der Waals surface area contributed by atoms with Crippen molar-refractivity contribution in [2.24, 2.45) is 5.73 Å². The number of nitrogens with zero attached hydrogens (tertiary/aromatic N) is 2. The van der Waals surface area contributed by atoms with Crippen LogP contribution in [0.25, 0.3) is 0 Å². The lowest BCUT2D eigenvalue weighted by atomic mass is 10.1. The van der Waals surface area contributed by atoms with E-state index in [4.69, 9.17) is 17.3 Å². The summed E-state index contributed by atoms with van der Waals surface area (Å²) in [7, 11) is 0. The van der Waals surface area contributed by atoms with E-state index in [1.807, 2.05) is 0 Å². The largest absolute Gasteiger partial charge is 0.366 e. The fourth-order valence-electron chi connectivity index (χ4n) is 1.53. The van der Waals surface area contributed by atoms with Gasteiger partial charge in [0.2, 0.25) is 5.91 Å². The van der Waals surface area contributed by atoms with Crippen LogP contribution in [0.1, 0.15) is 15.9 Å². The first-order valence-corrected chi connectivity index (χ1v) is 5.65. The summed E-state index contributed by atoms with van der Waals surface area (Å²) in [5, 5.41) is 0.0748. The van der Waals surface area contributed by atoms with Crippen LogP contribution in [0.4, 0.5) is 4.39 Å². The molecule has 0 atom stereocenters. The molecule has 7 heteroatoms. The Morgan fingerprint density at radius 3 is 2.74 bits per heavy atom. The molecule has 5 nitrogen and oxygen atoms in total. The van der Waals surface area contributed by atoms with E-state index in [1.165, 1.54) is 23.0 Å². The Bertz CT molecular complexity index is 700. The maximum absolute atomic E-state index is 13.7. The molecule has 98 valence electrons. The molecule has 0 radical (unpaired) electrons. The first-order chi connectivity index (χ1) is 8.97. The fourth-order valence-corrected chi connectivity index (χ4v) is 1.67. The Balaban J connectivity index is 2.33. The van der Waals surface area contributed by atoms with Gasteiger partial charge in [-0.25, -0.2) is 9.37 Å². The first kappa shape index (κ1) is 13.2. The summed E-state index contributed by atoms with van der Waals surface area (Å²) in [6.07, 6.45) is 1.23. The molecule has 0 aliphatic heterocycles. The van der Waals surface area contributed by atoms with E-state index in [-0.39, 0.29) is 22.8 Å². The summed E-state index contributed by atoms with van der Waals surface area (Å²) in [6.45, 7) is -0.00607. The lowest BCUT2D eigenvalue weighted by Gasteiger charge is -2.07. The summed E-state index contributed by atoms with van der Waals surface area (Å²) in [5.41, 5.74) is 4.97. The van der Waals surface area contributed by atoms with Crippen LogP contribution in [-0.2, 0) is 6.54 Å². The molecule has 0 bridgehead atoms. The number of carbonyl (C=O) groups excluding carboxylic acids is 1. The molecular weight excluding hydrogens is 273 g/mol. The highest BCUT2D eigenvalue weighted by Crippen LogP contribution is 2.11. The standard InChI is InChI=1S/C12H9ClFN3O2/c13-10-4-11(18)17(6-16-10)5-8-2-1-7(12(15)19)3-9(8)14/h1-4,6H,5H2,(H2,15,19). The van der Waals surface area contributed by atoms with Crippen LogP contribution >= 0.6 is 11.6 Å². The van der Waals surface area contributed by atoms with Gasteiger partial charge in [0.1, 0.15) is 11.0 Å². The summed E-state index contributed by atoms with van der Waals surface area (Å²) in [6, 6.07) is 4.97. The molecule has 0 unspecified atom stereocenters. The minimum absolute atomic E-state index is 0.00607. The van der Waals surface area contributed by atoms with Gasteiger partial charge in [-0.05, 0) is 12.1 Å². The van der Waals surface area contributed by atoms with Gasteiger partial charge in [0.15, 0.2) is 0 Å². The quantitative estimate of drug-likeness (QED) is 0.858. The third kappa shape index (κ3) is 2.97. The number of halogens is 2. The maximum Gasteiger partial charge on any atom is 0.255 e. The second kappa shape index (κ2) is 5.19. The van der Waals surface area contributed by atoms with Crippen molar-refractivity contribution in [3.05, 3.63) is 63.0 Å². The predicted octanol–water partition coefficient (Wildman–Crippen LogP) is 1.18. The molecule has 0 aliphatic rings. The van der Waals surface area contributed by atoms with Crippen LogP contribution in [0.15, 0.2) is 35.4 Å². The number of hydrogen-bond acceptors (Lipinski definition) is 3. The van der Waals surface area contributed by atoms with E-state index in [9.17, 15) is 14.0 Å². The van der Waals surface area contributed by atoms with Crippen molar-refractivity contribution in [1.82, 2.24) is 9.55 Å². The first-order valence-electron chi connectivity index (χ1n) is 5.27. The van der Waals surface area contributed by atoms with Crippen molar-refractivity contribution in [2.45, 2.75) is 6.54 Å². The van der Waals surface area contributed by atoms with Crippen molar-refractivity contribution in [3.63, 3.8) is 0 Å². The fraction of sp³-hybridized carbons (Fsp3) is 0.0833. The van der Waals surface area contributed by atoms with Crippen LogP contribution in [0.3, 0.4) is 0 Å². The van der Waals surface area contributed by atoms with Crippen LogP contribution in [0, 0.1) is 5.82 Å². The van der Waals surface area contributed by atoms with Gasteiger partial charge in [-0.3, -0.25) is 14.2 Å². The molecule has 2 aromatic rings. The summed E-state index contributed by atoms with van der Waals surface area (Å²) < 4.78 is 14.9. The third-order valence-corrected chi connectivity index (χ3v) is 2.73. The van der Waals surface area contributed by atoms with E-state index < -0.39 is 17.3 Å². The van der Waals surface area contributed by atoms with Gasteiger partial charge in [-0.1, -0.05) is 17.7 Å². The molecule has 1 aromatic heterocycles. The highest BCUT2D eigenvalue weighted by molar-refractivity contribution is 6.29. The van der Waals surface area contributed by atoms with E-state index in [0.29, 0.717) is 0 Å². The van der Waals surface area contributed by atoms with Crippen molar-refractivity contribution in [1.29, 1.82) is 0 Å². The predicted molar refractivity (Wildman–Crippen MR) is 67.5 cm³/mol. The molecule has 1 heterocycles. The Morgan fingerprint density at radius 2 is 2.16 bits per heavy atom. The highest BCUT2D eigenvalue weighted by Gasteiger charge is 2.08. The number of nitrogens with two attached hydrogens (primary N) is 1. The number of hydrogen-bond donors (Lipinski definition) is 1. The lowest BCUT2D eigenvalue weighted by molar-refractivity contribution is 0.1000. The third-order valence-electron chi connectivity index (χ3n) is 2.52. The zero-order valence-electron chi connectivity index (χ0n) is 9.64. The van der Waals surface area contributed by atoms with Gasteiger partial charge in [0.25, 0.3) is 5.56 Å². The van der Waals surface area contributed by atoms with E-state index >= 15 is 0 Å². The van der Waals surface area contributed by atoms with Crippen molar-refractivity contribution in [3.8, 4) is 0 Å². The monoisotopic (exact) mass is 281 g/mol. The van der Waals surface area contributed by atoms with Crippen molar-refractivity contribution in [2.75, 3.05) is 0 Å². The van der Waals surface area contributed by atoms with Crippen molar-refractivity contribution < 1.29 is 9.18 Å². The van der Waals surface area contributed by atoms with Gasteiger partial charge < -0.3 is 5.73 Å². The van der Waals surface area contributed by atoms with Gasteiger partial charge >= 0.3 is 0 Å². The molecule has 0 fully saturated rings. The summed E-state index contributed by atoms with van der Waals surface area (Å²) in [5.74, 6) is -1.33. The minimum atomic E-state index is -0.712. The summed E-state index contributed by atoms with van der Waals surface area (Å²) in [4.78, 5) is 26.2. The molecule has 2 N–H and O–H groups in total. The number of aromatic nitrogens is 2. The van der Waals surface area contributed by atoms with Crippen LogP contribution < -0.4 is 11.3 Å². The molecule has 2 rings (SSSR count). The highest BCUT2D eigenvalue weighted by atomic mass is 35.5. The van der Waals surface area contributed by atoms with Gasteiger partial charge in [-0.15, -0.1) is 0 Å². The smallest absolute Gasteiger partial charge is 0.255 e. The molecule has 0 saturated heterocycles. The minimum Gasteiger partial charge on any atom is -0.366 e. The average Bonchev–Trinajstić information content (AvgIpc) is 2.34. The maximum atomic E-state index is 13.7. The number of amides is 1. The van der Waals surface area contributed by atoms with E-state index in [1.54, 1.807) is 0 Å². The van der Waals surface area contributed by atoms with Crippen LogP contribution in [0.5, 0.6) is 0 Å². The second-order valence-corrected chi connectivity index (χ2v) is 4.24. The Hall–Kier alpha value is -2.21. The topological polar surface area (TPSA) is 78.0 Å². The lowest BCUT2D eigenvalue weighted by Crippen LogP contribution is -2.20. The Labute approximate surface area is 112 Å². The second-order valence-electron chi connectivity index (χ2n) is 3.85. The average molecular weight is 282 g/mol. The number of rotatable bonds is 3. The zero-order valence-corrected chi connectivity index (χ0v) is 10.4. The van der Waals surface area contributed by atoms with Gasteiger partial charge in [-0.2, -0.15) is 0 Å². The van der Waals surface area contributed by atoms with Crippen LogP contribution in [0.2, 0.25) is 5.15 Å². The normalized spacial score (nSPS) is 10.4. The van der Waals surface area contributed by atoms with Gasteiger partial charge in [0.05, 0.1) is 12.9 Å². The molecule has 1 aromatic carbocycles. The molecule has 1 amide bonds. The molecule has 0 saturated carbocycles.